The highest BCUT2D eigenvalue weighted by molar-refractivity contribution is 5.89. The van der Waals surface area contributed by atoms with Crippen LogP contribution in [0.25, 0.3) is 0 Å². The number of carbonyl (C=O) groups excluding carboxylic acids is 1. The molecule has 108 valence electrons. The molecule has 1 amide bonds. The first kappa shape index (κ1) is 14.1. The van der Waals surface area contributed by atoms with Crippen LogP contribution in [0.15, 0.2) is 0 Å². The van der Waals surface area contributed by atoms with Crippen LogP contribution in [-0.4, -0.2) is 29.2 Å². The summed E-state index contributed by atoms with van der Waals surface area (Å²) in [6.07, 6.45) is -1.94. The third-order valence-electron chi connectivity index (χ3n) is 3.97. The Morgan fingerprint density at radius 3 is 2.16 bits per heavy atom. The third kappa shape index (κ3) is 3.19. The molecule has 0 radical (unpaired) electrons. The topological polar surface area (TPSA) is 66.4 Å². The molecule has 19 heavy (non-hydrogen) atoms. The number of carboxylic acid groups (broad SMARTS) is 1. The Labute approximate surface area is 108 Å². The molecule has 2 rings (SSSR count). The van der Waals surface area contributed by atoms with Crippen molar-refractivity contribution in [1.82, 2.24) is 5.32 Å². The van der Waals surface area contributed by atoms with Gasteiger partial charge in [-0.2, -0.15) is 13.2 Å². The van der Waals surface area contributed by atoms with Crippen molar-refractivity contribution in [2.45, 2.75) is 44.3 Å². The van der Waals surface area contributed by atoms with E-state index in [1.807, 2.05) is 5.32 Å². The maximum Gasteiger partial charge on any atom is 0.408 e. The number of halogens is 3. The Morgan fingerprint density at radius 2 is 1.74 bits per heavy atom. The Kier molecular flexibility index (Phi) is 3.73. The Balaban J connectivity index is 1.97. The second-order valence-corrected chi connectivity index (χ2v) is 5.36. The molecule has 0 aromatic rings. The van der Waals surface area contributed by atoms with E-state index in [1.165, 1.54) is 0 Å². The number of rotatable bonds is 4. The van der Waals surface area contributed by atoms with E-state index < -0.39 is 41.8 Å². The van der Waals surface area contributed by atoms with Crippen LogP contribution in [0.5, 0.6) is 0 Å². The zero-order chi connectivity index (χ0) is 14.2. The number of nitrogens with one attached hydrogen (secondary N) is 1. The fourth-order valence-corrected chi connectivity index (χ4v) is 2.78. The number of alkyl halides is 3. The van der Waals surface area contributed by atoms with Crippen molar-refractivity contribution >= 4 is 11.9 Å². The Hall–Kier alpha value is -1.27. The minimum atomic E-state index is -4.47. The summed E-state index contributed by atoms with van der Waals surface area (Å²) in [7, 11) is 0. The summed E-state index contributed by atoms with van der Waals surface area (Å²) in [4.78, 5) is 22.3. The van der Waals surface area contributed by atoms with Gasteiger partial charge in [0.15, 0.2) is 0 Å². The van der Waals surface area contributed by atoms with Crippen LogP contribution >= 0.6 is 0 Å². The van der Waals surface area contributed by atoms with E-state index >= 15 is 0 Å². The van der Waals surface area contributed by atoms with E-state index in [1.54, 1.807) is 0 Å². The maximum atomic E-state index is 12.9. The van der Waals surface area contributed by atoms with Crippen molar-refractivity contribution in [3.05, 3.63) is 0 Å². The van der Waals surface area contributed by atoms with Gasteiger partial charge < -0.3 is 10.4 Å². The van der Waals surface area contributed by atoms with Crippen molar-refractivity contribution in [1.29, 1.82) is 0 Å². The third-order valence-corrected chi connectivity index (χ3v) is 3.97. The smallest absolute Gasteiger partial charge is 0.408 e. The van der Waals surface area contributed by atoms with Crippen LogP contribution in [0.1, 0.15) is 32.1 Å². The van der Waals surface area contributed by atoms with E-state index in [-0.39, 0.29) is 6.42 Å². The molecule has 0 bridgehead atoms. The molecule has 2 aliphatic rings. The molecule has 0 aromatic carbocycles. The Bertz CT molecular complexity index is 377. The molecule has 2 fully saturated rings. The first-order valence-corrected chi connectivity index (χ1v) is 6.40. The van der Waals surface area contributed by atoms with Gasteiger partial charge in [0.1, 0.15) is 6.04 Å². The number of carbonyl (C=O) groups is 2. The molecule has 3 atom stereocenters. The second kappa shape index (κ2) is 5.02. The molecular weight excluding hydrogens is 263 g/mol. The summed E-state index contributed by atoms with van der Waals surface area (Å²) in [5, 5.41) is 10.7. The summed E-state index contributed by atoms with van der Waals surface area (Å²) in [5.74, 6) is -4.10. The molecule has 2 saturated carbocycles. The monoisotopic (exact) mass is 279 g/mol. The summed E-state index contributed by atoms with van der Waals surface area (Å²) >= 11 is 0. The molecule has 0 heterocycles. The second-order valence-electron chi connectivity index (χ2n) is 5.36. The van der Waals surface area contributed by atoms with Crippen LogP contribution in [0.4, 0.5) is 13.2 Å². The van der Waals surface area contributed by atoms with Gasteiger partial charge in [-0.1, -0.05) is 12.8 Å². The normalized spacial score (nSPS) is 29.0. The van der Waals surface area contributed by atoms with Gasteiger partial charge in [-0.15, -0.1) is 0 Å². The van der Waals surface area contributed by atoms with Crippen LogP contribution in [-0.2, 0) is 9.59 Å². The average Bonchev–Trinajstić information content (AvgIpc) is 2.93. The molecule has 3 unspecified atom stereocenters. The average molecular weight is 279 g/mol. The molecule has 7 heteroatoms. The zero-order valence-corrected chi connectivity index (χ0v) is 10.2. The van der Waals surface area contributed by atoms with Gasteiger partial charge in [0, 0.05) is 0 Å². The van der Waals surface area contributed by atoms with Crippen molar-refractivity contribution in [3.8, 4) is 0 Å². The van der Waals surface area contributed by atoms with E-state index in [2.05, 4.69) is 0 Å². The van der Waals surface area contributed by atoms with E-state index in [0.29, 0.717) is 12.8 Å². The highest BCUT2D eigenvalue weighted by atomic mass is 19.4. The summed E-state index contributed by atoms with van der Waals surface area (Å²) in [6, 6.07) is -1.84. The fraction of sp³-hybridized carbons (Fsp3) is 0.833. The largest absolute Gasteiger partial charge is 0.481 e. The summed E-state index contributed by atoms with van der Waals surface area (Å²) in [5.41, 5.74) is 0. The van der Waals surface area contributed by atoms with Crippen molar-refractivity contribution < 1.29 is 27.9 Å². The lowest BCUT2D eigenvalue weighted by atomic mass is 9.97. The number of aliphatic carboxylic acids is 1. The fourth-order valence-electron chi connectivity index (χ4n) is 2.78. The van der Waals surface area contributed by atoms with Crippen molar-refractivity contribution in [2.75, 3.05) is 0 Å². The van der Waals surface area contributed by atoms with Crippen LogP contribution in [0.3, 0.4) is 0 Å². The van der Waals surface area contributed by atoms with Gasteiger partial charge in [-0.05, 0) is 25.2 Å². The first-order valence-electron chi connectivity index (χ1n) is 6.40. The van der Waals surface area contributed by atoms with Gasteiger partial charge in [0.2, 0.25) is 5.91 Å². The summed E-state index contributed by atoms with van der Waals surface area (Å²) in [6.45, 7) is 0. The molecule has 0 aromatic heterocycles. The van der Waals surface area contributed by atoms with E-state index in [4.69, 9.17) is 5.11 Å². The minimum Gasteiger partial charge on any atom is -0.481 e. The lowest BCUT2D eigenvalue weighted by Gasteiger charge is -2.27. The molecule has 2 N–H and O–H groups in total. The quantitative estimate of drug-likeness (QED) is 0.826. The number of carboxylic acids is 1. The van der Waals surface area contributed by atoms with E-state index in [9.17, 15) is 22.8 Å². The molecule has 0 aliphatic heterocycles. The van der Waals surface area contributed by atoms with Crippen molar-refractivity contribution in [2.24, 2.45) is 17.8 Å². The van der Waals surface area contributed by atoms with E-state index in [0.717, 1.165) is 12.8 Å². The van der Waals surface area contributed by atoms with Gasteiger partial charge in [0.25, 0.3) is 0 Å². The number of amides is 1. The predicted molar refractivity (Wildman–Crippen MR) is 59.2 cm³/mol. The highest BCUT2D eigenvalue weighted by Crippen LogP contribution is 2.40. The van der Waals surface area contributed by atoms with Crippen LogP contribution in [0.2, 0.25) is 0 Å². The lowest BCUT2D eigenvalue weighted by molar-refractivity contribution is -0.172. The van der Waals surface area contributed by atoms with Gasteiger partial charge in [-0.25, -0.2) is 0 Å². The molecule has 2 aliphatic carbocycles. The summed E-state index contributed by atoms with van der Waals surface area (Å²) < 4.78 is 38.8. The number of hydrogen-bond donors (Lipinski definition) is 2. The highest BCUT2D eigenvalue weighted by Gasteiger charge is 2.52. The zero-order valence-electron chi connectivity index (χ0n) is 10.2. The first-order chi connectivity index (χ1) is 8.80. The Morgan fingerprint density at radius 1 is 1.16 bits per heavy atom. The standard InChI is InChI=1S/C12H16F3NO3/c13-12(14,15)9(6-3-1-2-4-6)16-10(17)7-5-8(7)11(18)19/h6-9H,1-5H2,(H,16,17)(H,18,19). The molecule has 0 saturated heterocycles. The minimum absolute atomic E-state index is 0.135. The number of hydrogen-bond acceptors (Lipinski definition) is 2. The predicted octanol–water partition coefficient (Wildman–Crippen LogP) is 1.94. The van der Waals surface area contributed by atoms with Crippen LogP contribution in [0, 0.1) is 17.8 Å². The van der Waals surface area contributed by atoms with Gasteiger partial charge in [0.05, 0.1) is 11.8 Å². The molecule has 4 nitrogen and oxygen atoms in total. The molecular formula is C12H16F3NO3. The van der Waals surface area contributed by atoms with Gasteiger partial charge >= 0.3 is 12.1 Å². The lowest BCUT2D eigenvalue weighted by Crippen LogP contribution is -2.50. The molecule has 0 spiro atoms. The van der Waals surface area contributed by atoms with Crippen LogP contribution < -0.4 is 5.32 Å². The van der Waals surface area contributed by atoms with Crippen molar-refractivity contribution in [3.63, 3.8) is 0 Å². The maximum absolute atomic E-state index is 12.9. The van der Waals surface area contributed by atoms with Gasteiger partial charge in [-0.3, -0.25) is 9.59 Å². The SMILES string of the molecule is O=C(O)C1CC1C(=O)NC(C1CCCC1)C(F)(F)F.